The molecule has 0 aliphatic carbocycles. The Bertz CT molecular complexity index is 452. The van der Waals surface area contributed by atoms with Crippen molar-refractivity contribution < 1.29 is 26.7 Å². The van der Waals surface area contributed by atoms with Crippen LogP contribution in [0.2, 0.25) is 0 Å². The molecule has 0 aromatic carbocycles. The predicted octanol–water partition coefficient (Wildman–Crippen LogP) is 2.65. The van der Waals surface area contributed by atoms with Crippen LogP contribution in [0, 0.1) is 17.3 Å². The van der Waals surface area contributed by atoms with Crippen molar-refractivity contribution in [2.75, 3.05) is 0 Å². The number of pyridine rings is 1. The molecule has 1 rings (SSSR count). The Morgan fingerprint density at radius 1 is 1.41 bits per heavy atom. The maximum Gasteiger partial charge on any atom is 0.573 e. The van der Waals surface area contributed by atoms with Crippen LogP contribution in [0.3, 0.4) is 0 Å². The molecule has 0 bridgehead atoms. The van der Waals surface area contributed by atoms with Crippen molar-refractivity contribution in [3.8, 4) is 11.8 Å². The minimum atomic E-state index is -5.07. The van der Waals surface area contributed by atoms with E-state index in [2.05, 4.69) is 9.72 Å². The molecular formula is C9H5F5N2O. The molecule has 0 N–H and O–H groups in total. The Hall–Kier alpha value is -1.91. The van der Waals surface area contributed by atoms with E-state index >= 15 is 0 Å². The fourth-order valence-corrected chi connectivity index (χ4v) is 1.07. The third-order valence-electron chi connectivity index (χ3n) is 1.71. The first-order chi connectivity index (χ1) is 7.87. The van der Waals surface area contributed by atoms with Crippen molar-refractivity contribution in [2.45, 2.75) is 19.5 Å². The Labute approximate surface area is 92.4 Å². The number of hydrogen-bond donors (Lipinski definition) is 0. The van der Waals surface area contributed by atoms with Crippen LogP contribution in [0.25, 0.3) is 0 Å². The third-order valence-corrected chi connectivity index (χ3v) is 1.71. The van der Waals surface area contributed by atoms with E-state index < -0.39 is 36.7 Å². The summed E-state index contributed by atoms with van der Waals surface area (Å²) < 4.78 is 64.8. The summed E-state index contributed by atoms with van der Waals surface area (Å²) in [4.78, 5) is 3.15. The molecule has 0 fully saturated rings. The normalized spacial score (nSPS) is 11.1. The van der Waals surface area contributed by atoms with Crippen LogP contribution in [0.5, 0.6) is 5.75 Å². The summed E-state index contributed by atoms with van der Waals surface area (Å²) in [6.07, 6.45) is -5.47. The van der Waals surface area contributed by atoms with E-state index in [1.165, 1.54) is 0 Å². The monoisotopic (exact) mass is 252 g/mol. The summed E-state index contributed by atoms with van der Waals surface area (Å²) in [6.45, 7) is -1.49. The molecule has 0 saturated heterocycles. The van der Waals surface area contributed by atoms with Crippen LogP contribution >= 0.6 is 0 Å². The number of hydrogen-bond acceptors (Lipinski definition) is 3. The molecule has 0 aliphatic heterocycles. The molecule has 17 heavy (non-hydrogen) atoms. The summed E-state index contributed by atoms with van der Waals surface area (Å²) in [5.74, 6) is -2.43. The second-order valence-corrected chi connectivity index (χ2v) is 2.90. The largest absolute Gasteiger partial charge is 0.573 e. The van der Waals surface area contributed by atoms with E-state index in [1.807, 2.05) is 0 Å². The highest BCUT2D eigenvalue weighted by Gasteiger charge is 2.33. The van der Waals surface area contributed by atoms with Gasteiger partial charge in [-0.15, -0.1) is 13.2 Å². The smallest absolute Gasteiger partial charge is 0.405 e. The molecular weight excluding hydrogens is 247 g/mol. The lowest BCUT2D eigenvalue weighted by Crippen LogP contribution is -2.19. The standard InChI is InChI=1S/C9H5F5N2O/c10-4-6-7(17-9(12,13)14)3-5(1-2-15)16-8(6)11/h3H,1,4H2. The topological polar surface area (TPSA) is 45.9 Å². The third kappa shape index (κ3) is 3.55. The summed E-state index contributed by atoms with van der Waals surface area (Å²) in [5.41, 5.74) is -1.19. The molecule has 0 saturated carbocycles. The molecule has 3 nitrogen and oxygen atoms in total. The zero-order chi connectivity index (χ0) is 13.1. The van der Waals surface area contributed by atoms with E-state index in [4.69, 9.17) is 5.26 Å². The van der Waals surface area contributed by atoms with E-state index in [-0.39, 0.29) is 5.69 Å². The van der Waals surface area contributed by atoms with Gasteiger partial charge in [0.05, 0.1) is 23.7 Å². The zero-order valence-electron chi connectivity index (χ0n) is 8.18. The van der Waals surface area contributed by atoms with Crippen molar-refractivity contribution in [3.63, 3.8) is 0 Å². The van der Waals surface area contributed by atoms with Gasteiger partial charge in [0.15, 0.2) is 0 Å². The van der Waals surface area contributed by atoms with Crippen LogP contribution < -0.4 is 4.74 Å². The Kier molecular flexibility index (Phi) is 3.83. The first-order valence-electron chi connectivity index (χ1n) is 4.24. The Balaban J connectivity index is 3.20. The number of aromatic nitrogens is 1. The lowest BCUT2D eigenvalue weighted by atomic mass is 10.2. The van der Waals surface area contributed by atoms with Gasteiger partial charge >= 0.3 is 6.36 Å². The minimum absolute atomic E-state index is 0.263. The van der Waals surface area contributed by atoms with Crippen LogP contribution in [0.15, 0.2) is 6.07 Å². The lowest BCUT2D eigenvalue weighted by Gasteiger charge is -2.12. The molecule has 0 radical (unpaired) electrons. The van der Waals surface area contributed by atoms with Crippen molar-refractivity contribution in [2.24, 2.45) is 0 Å². The number of nitrogens with zero attached hydrogens (tertiary/aromatic N) is 2. The van der Waals surface area contributed by atoms with Crippen molar-refractivity contribution in [1.82, 2.24) is 4.98 Å². The van der Waals surface area contributed by atoms with Gasteiger partial charge in [-0.3, -0.25) is 0 Å². The van der Waals surface area contributed by atoms with Gasteiger partial charge in [0.2, 0.25) is 5.95 Å². The molecule has 0 atom stereocenters. The lowest BCUT2D eigenvalue weighted by molar-refractivity contribution is -0.275. The van der Waals surface area contributed by atoms with Gasteiger partial charge in [-0.05, 0) is 0 Å². The Morgan fingerprint density at radius 2 is 2.06 bits per heavy atom. The highest BCUT2D eigenvalue weighted by molar-refractivity contribution is 5.34. The van der Waals surface area contributed by atoms with Crippen molar-refractivity contribution >= 4 is 0 Å². The van der Waals surface area contributed by atoms with Gasteiger partial charge < -0.3 is 4.74 Å². The van der Waals surface area contributed by atoms with Crippen LogP contribution in [-0.2, 0) is 13.1 Å². The van der Waals surface area contributed by atoms with Crippen LogP contribution in [-0.4, -0.2) is 11.3 Å². The molecule has 1 aromatic heterocycles. The number of ether oxygens (including phenoxy) is 1. The van der Waals surface area contributed by atoms with Crippen molar-refractivity contribution in [3.05, 3.63) is 23.3 Å². The first kappa shape index (κ1) is 13.2. The minimum Gasteiger partial charge on any atom is -0.405 e. The summed E-state index contributed by atoms with van der Waals surface area (Å²) in [7, 11) is 0. The SMILES string of the molecule is N#CCc1cc(OC(F)(F)F)c(CF)c(F)n1. The maximum absolute atomic E-state index is 13.1. The van der Waals surface area contributed by atoms with E-state index in [9.17, 15) is 22.0 Å². The van der Waals surface area contributed by atoms with Gasteiger partial charge in [-0.1, -0.05) is 0 Å². The highest BCUT2D eigenvalue weighted by Crippen LogP contribution is 2.29. The summed E-state index contributed by atoms with van der Waals surface area (Å²) >= 11 is 0. The highest BCUT2D eigenvalue weighted by atomic mass is 19.4. The first-order valence-corrected chi connectivity index (χ1v) is 4.24. The average Bonchev–Trinajstić information content (AvgIpc) is 2.15. The van der Waals surface area contributed by atoms with Gasteiger partial charge in [0.25, 0.3) is 0 Å². The van der Waals surface area contributed by atoms with E-state index in [0.29, 0.717) is 6.07 Å². The summed E-state index contributed by atoms with van der Waals surface area (Å²) in [6, 6.07) is 2.27. The number of halogens is 5. The molecule has 0 unspecified atom stereocenters. The Morgan fingerprint density at radius 3 is 2.53 bits per heavy atom. The van der Waals surface area contributed by atoms with Crippen LogP contribution in [0.1, 0.15) is 11.3 Å². The van der Waals surface area contributed by atoms with Gasteiger partial charge in [0.1, 0.15) is 12.4 Å². The quantitative estimate of drug-likeness (QED) is 0.613. The molecule has 0 amide bonds. The van der Waals surface area contributed by atoms with Gasteiger partial charge in [-0.25, -0.2) is 9.37 Å². The second kappa shape index (κ2) is 4.95. The molecule has 0 aliphatic rings. The van der Waals surface area contributed by atoms with Crippen LogP contribution in [0.4, 0.5) is 22.0 Å². The fraction of sp³-hybridized carbons (Fsp3) is 0.333. The average molecular weight is 252 g/mol. The van der Waals surface area contributed by atoms with Gasteiger partial charge in [0, 0.05) is 6.07 Å². The molecule has 1 aromatic rings. The fourth-order valence-electron chi connectivity index (χ4n) is 1.07. The second-order valence-electron chi connectivity index (χ2n) is 2.90. The number of rotatable bonds is 3. The summed E-state index contributed by atoms with van der Waals surface area (Å²) in [5, 5.41) is 8.31. The number of nitriles is 1. The molecule has 92 valence electrons. The van der Waals surface area contributed by atoms with Crippen molar-refractivity contribution in [1.29, 1.82) is 5.26 Å². The maximum atomic E-state index is 13.1. The van der Waals surface area contributed by atoms with E-state index in [1.54, 1.807) is 6.07 Å². The van der Waals surface area contributed by atoms with E-state index in [0.717, 1.165) is 0 Å². The number of alkyl halides is 4. The van der Waals surface area contributed by atoms with Gasteiger partial charge in [-0.2, -0.15) is 9.65 Å². The zero-order valence-corrected chi connectivity index (χ0v) is 8.18. The predicted molar refractivity (Wildman–Crippen MR) is 45.0 cm³/mol. The molecule has 8 heteroatoms. The molecule has 1 heterocycles. The molecule has 0 spiro atoms.